The molecule has 2 saturated heterocycles. The van der Waals surface area contributed by atoms with Gasteiger partial charge in [-0.3, -0.25) is 4.99 Å². The highest BCUT2D eigenvalue weighted by atomic mass is 16.5. The highest BCUT2D eigenvalue weighted by molar-refractivity contribution is 5.80. The molecule has 0 saturated carbocycles. The van der Waals surface area contributed by atoms with E-state index in [4.69, 9.17) is 9.73 Å². The van der Waals surface area contributed by atoms with Crippen LogP contribution in [0, 0.1) is 5.92 Å². The van der Waals surface area contributed by atoms with E-state index in [2.05, 4.69) is 31.4 Å². The lowest BCUT2D eigenvalue weighted by molar-refractivity contribution is 0.0992. The maximum atomic E-state index is 5.89. The number of guanidine groups is 1. The summed E-state index contributed by atoms with van der Waals surface area (Å²) in [5.74, 6) is 1.67. The Morgan fingerprint density at radius 3 is 2.58 bits per heavy atom. The predicted molar refractivity (Wildman–Crippen MR) is 79.5 cm³/mol. The van der Waals surface area contributed by atoms with Gasteiger partial charge in [0.25, 0.3) is 0 Å². The molecule has 2 heterocycles. The van der Waals surface area contributed by atoms with Crippen molar-refractivity contribution in [3.63, 3.8) is 0 Å². The molecule has 4 heteroatoms. The van der Waals surface area contributed by atoms with Gasteiger partial charge in [-0.1, -0.05) is 26.7 Å². The number of fused-ring (bicyclic) bond motifs is 2. The minimum absolute atomic E-state index is 0.405. The molecule has 0 radical (unpaired) electrons. The fourth-order valence-electron chi connectivity index (χ4n) is 3.05. The first-order valence-electron chi connectivity index (χ1n) is 7.97. The third-order valence-electron chi connectivity index (χ3n) is 4.43. The summed E-state index contributed by atoms with van der Waals surface area (Å²) in [7, 11) is 0. The van der Waals surface area contributed by atoms with Crippen molar-refractivity contribution in [1.29, 1.82) is 0 Å². The molecule has 4 nitrogen and oxygen atoms in total. The maximum Gasteiger partial charge on any atom is 0.191 e. The summed E-state index contributed by atoms with van der Waals surface area (Å²) in [6.07, 6.45) is 6.89. The normalized spacial score (nSPS) is 30.1. The van der Waals surface area contributed by atoms with Gasteiger partial charge in [0.05, 0.1) is 18.2 Å². The molecule has 2 rings (SSSR count). The number of nitrogens with one attached hydrogen (secondary N) is 2. The Hall–Kier alpha value is -0.770. The lowest BCUT2D eigenvalue weighted by Crippen LogP contribution is -2.47. The lowest BCUT2D eigenvalue weighted by Gasteiger charge is -2.23. The minimum atomic E-state index is 0.405. The van der Waals surface area contributed by atoms with Crippen LogP contribution in [0.15, 0.2) is 4.99 Å². The van der Waals surface area contributed by atoms with E-state index in [0.29, 0.717) is 24.2 Å². The predicted octanol–water partition coefficient (Wildman–Crippen LogP) is 2.30. The third kappa shape index (κ3) is 3.85. The van der Waals surface area contributed by atoms with Gasteiger partial charge in [-0.15, -0.1) is 0 Å². The van der Waals surface area contributed by atoms with Crippen LogP contribution in [0.5, 0.6) is 0 Å². The second-order valence-electron chi connectivity index (χ2n) is 5.76. The molecule has 0 aromatic rings. The van der Waals surface area contributed by atoms with E-state index < -0.39 is 0 Å². The quantitative estimate of drug-likeness (QED) is 0.573. The van der Waals surface area contributed by atoms with E-state index in [1.165, 1.54) is 25.7 Å². The smallest absolute Gasteiger partial charge is 0.191 e. The molecule has 2 aliphatic heterocycles. The summed E-state index contributed by atoms with van der Waals surface area (Å²) in [5.41, 5.74) is 0. The molecular formula is C15H29N3O. The van der Waals surface area contributed by atoms with Crippen LogP contribution in [0.2, 0.25) is 0 Å². The van der Waals surface area contributed by atoms with Crippen molar-refractivity contribution < 1.29 is 4.74 Å². The van der Waals surface area contributed by atoms with Crippen molar-refractivity contribution in [1.82, 2.24) is 10.6 Å². The zero-order chi connectivity index (χ0) is 13.7. The molecule has 110 valence electrons. The van der Waals surface area contributed by atoms with Gasteiger partial charge in [0, 0.05) is 13.1 Å². The highest BCUT2D eigenvalue weighted by Crippen LogP contribution is 2.34. The molecule has 3 atom stereocenters. The topological polar surface area (TPSA) is 45.7 Å². The molecule has 2 bridgehead atoms. The minimum Gasteiger partial charge on any atom is -0.373 e. The van der Waals surface area contributed by atoms with E-state index in [0.717, 1.165) is 25.5 Å². The van der Waals surface area contributed by atoms with Crippen LogP contribution in [0.1, 0.15) is 52.9 Å². The SMILES string of the molecule is CCNC(=NCC(CC)CC)NC1CC2CCC1O2. The number of hydrogen-bond donors (Lipinski definition) is 2. The van der Waals surface area contributed by atoms with E-state index in [1.807, 2.05) is 0 Å². The number of aliphatic imine (C=N–C) groups is 1. The number of hydrogen-bond acceptors (Lipinski definition) is 2. The van der Waals surface area contributed by atoms with Crippen LogP contribution in [0.4, 0.5) is 0 Å². The van der Waals surface area contributed by atoms with E-state index in [-0.39, 0.29) is 0 Å². The molecule has 3 unspecified atom stereocenters. The fraction of sp³-hybridized carbons (Fsp3) is 0.933. The summed E-state index contributed by atoms with van der Waals surface area (Å²) in [6, 6.07) is 0.457. The Morgan fingerprint density at radius 1 is 1.26 bits per heavy atom. The summed E-state index contributed by atoms with van der Waals surface area (Å²) < 4.78 is 5.89. The summed E-state index contributed by atoms with van der Waals surface area (Å²) in [4.78, 5) is 4.74. The third-order valence-corrected chi connectivity index (χ3v) is 4.43. The van der Waals surface area contributed by atoms with E-state index in [1.54, 1.807) is 0 Å². The van der Waals surface area contributed by atoms with Crippen molar-refractivity contribution in [2.24, 2.45) is 10.9 Å². The molecule has 2 aliphatic rings. The van der Waals surface area contributed by atoms with Crippen LogP contribution in [-0.4, -0.2) is 37.3 Å². The van der Waals surface area contributed by atoms with Crippen LogP contribution in [-0.2, 0) is 4.74 Å². The van der Waals surface area contributed by atoms with Crippen LogP contribution < -0.4 is 10.6 Å². The van der Waals surface area contributed by atoms with Crippen molar-refractivity contribution in [3.8, 4) is 0 Å². The maximum absolute atomic E-state index is 5.89. The molecular weight excluding hydrogens is 238 g/mol. The van der Waals surface area contributed by atoms with Gasteiger partial charge in [-0.2, -0.15) is 0 Å². The highest BCUT2D eigenvalue weighted by Gasteiger charge is 2.41. The standard InChI is InChI=1S/C15H29N3O/c1-4-11(5-2)10-17-15(16-6-3)18-13-9-12-7-8-14(13)19-12/h11-14H,4-10H2,1-3H3,(H2,16,17,18). The Kier molecular flexibility index (Phi) is 5.49. The Labute approximate surface area is 117 Å². The number of nitrogens with zero attached hydrogens (tertiary/aromatic N) is 1. The molecule has 0 spiro atoms. The van der Waals surface area contributed by atoms with Gasteiger partial charge >= 0.3 is 0 Å². The second-order valence-corrected chi connectivity index (χ2v) is 5.76. The molecule has 0 aromatic heterocycles. The number of rotatable bonds is 6. The summed E-state index contributed by atoms with van der Waals surface area (Å²) in [5, 5.41) is 6.92. The van der Waals surface area contributed by atoms with Gasteiger partial charge < -0.3 is 15.4 Å². The summed E-state index contributed by atoms with van der Waals surface area (Å²) >= 11 is 0. The van der Waals surface area contributed by atoms with E-state index in [9.17, 15) is 0 Å². The fourth-order valence-corrected chi connectivity index (χ4v) is 3.05. The van der Waals surface area contributed by atoms with Gasteiger partial charge in [0.2, 0.25) is 0 Å². The van der Waals surface area contributed by atoms with Crippen LogP contribution >= 0.6 is 0 Å². The molecule has 19 heavy (non-hydrogen) atoms. The van der Waals surface area contributed by atoms with Crippen molar-refractivity contribution in [2.75, 3.05) is 13.1 Å². The first-order chi connectivity index (χ1) is 9.26. The van der Waals surface area contributed by atoms with Crippen molar-refractivity contribution in [2.45, 2.75) is 71.1 Å². The zero-order valence-corrected chi connectivity index (χ0v) is 12.6. The van der Waals surface area contributed by atoms with Gasteiger partial charge in [-0.05, 0) is 32.1 Å². The summed E-state index contributed by atoms with van der Waals surface area (Å²) in [6.45, 7) is 8.44. The van der Waals surface area contributed by atoms with Gasteiger partial charge in [0.15, 0.2) is 5.96 Å². The second kappa shape index (κ2) is 7.13. The molecule has 0 amide bonds. The van der Waals surface area contributed by atoms with E-state index >= 15 is 0 Å². The van der Waals surface area contributed by atoms with Crippen LogP contribution in [0.3, 0.4) is 0 Å². The Balaban J connectivity index is 1.86. The van der Waals surface area contributed by atoms with Gasteiger partial charge in [-0.25, -0.2) is 0 Å². The first kappa shape index (κ1) is 14.6. The van der Waals surface area contributed by atoms with Crippen molar-refractivity contribution in [3.05, 3.63) is 0 Å². The van der Waals surface area contributed by atoms with Crippen LogP contribution in [0.25, 0.3) is 0 Å². The molecule has 0 aromatic carbocycles. The van der Waals surface area contributed by atoms with Crippen molar-refractivity contribution >= 4 is 5.96 Å². The number of ether oxygens (including phenoxy) is 1. The average Bonchev–Trinajstić information content (AvgIpc) is 3.02. The molecule has 2 N–H and O–H groups in total. The largest absolute Gasteiger partial charge is 0.373 e. The van der Waals surface area contributed by atoms with Gasteiger partial charge in [0.1, 0.15) is 0 Å². The Morgan fingerprint density at radius 2 is 2.05 bits per heavy atom. The first-order valence-corrected chi connectivity index (χ1v) is 7.97. The monoisotopic (exact) mass is 267 g/mol. The Bertz CT molecular complexity index is 302. The molecule has 2 fully saturated rings. The average molecular weight is 267 g/mol. The lowest BCUT2D eigenvalue weighted by atomic mass is 9.96. The molecule has 0 aliphatic carbocycles. The zero-order valence-electron chi connectivity index (χ0n) is 12.6.